The number of benzene rings is 1. The highest BCUT2D eigenvalue weighted by Crippen LogP contribution is 2.03. The van der Waals surface area contributed by atoms with Gasteiger partial charge in [0, 0.05) is 5.56 Å². The number of aryl methyl sites for hydroxylation is 1. The molecule has 0 heterocycles. The van der Waals surface area contributed by atoms with E-state index in [-0.39, 0.29) is 11.4 Å². The molecule has 1 aromatic rings. The van der Waals surface area contributed by atoms with Gasteiger partial charge >= 0.3 is 0 Å². The van der Waals surface area contributed by atoms with Gasteiger partial charge in [-0.3, -0.25) is 0 Å². The first-order chi connectivity index (χ1) is 5.72. The molecule has 0 saturated carbocycles. The van der Waals surface area contributed by atoms with E-state index in [0.29, 0.717) is 0 Å². The fourth-order valence-electron chi connectivity index (χ4n) is 0.881. The van der Waals surface area contributed by atoms with Crippen LogP contribution in [-0.4, -0.2) is 10.1 Å². The summed E-state index contributed by atoms with van der Waals surface area (Å²) in [6.45, 7) is 2.05. The van der Waals surface area contributed by atoms with Gasteiger partial charge in [0.25, 0.3) is 0 Å². The predicted molar refractivity (Wildman–Crippen MR) is 42.7 cm³/mol. The van der Waals surface area contributed by atoms with E-state index < -0.39 is 0 Å². The summed E-state index contributed by atoms with van der Waals surface area (Å²) in [5, 5.41) is 21.1. The molecule has 1 aromatic carbocycles. The third kappa shape index (κ3) is 2.23. The molecule has 0 spiro atoms. The molecule has 0 amide bonds. The Morgan fingerprint density at radius 2 is 2.00 bits per heavy atom. The van der Waals surface area contributed by atoms with Gasteiger partial charge in [0.1, 0.15) is 0 Å². The van der Waals surface area contributed by atoms with Crippen LogP contribution in [0.4, 0.5) is 0 Å². The lowest BCUT2D eigenvalue weighted by molar-refractivity contribution is -0.570. The Labute approximate surface area is 70.3 Å². The van der Waals surface area contributed by atoms with Gasteiger partial charge in [-0.05, 0) is 6.92 Å². The third-order valence-electron chi connectivity index (χ3n) is 1.54. The van der Waals surface area contributed by atoms with Crippen LogP contribution in [0.5, 0.6) is 0 Å². The van der Waals surface area contributed by atoms with Crippen LogP contribution in [0.3, 0.4) is 0 Å². The lowest BCUT2D eigenvalue weighted by Gasteiger charge is -1.98. The van der Waals surface area contributed by atoms with Crippen molar-refractivity contribution in [2.75, 3.05) is 0 Å². The molecule has 64 valence electrons. The van der Waals surface area contributed by atoms with Crippen molar-refractivity contribution in [3.05, 3.63) is 40.6 Å². The first-order valence-electron chi connectivity index (χ1n) is 3.57. The highest BCUT2D eigenvalue weighted by atomic mass is 16.6. The van der Waals surface area contributed by atoms with E-state index in [1.165, 1.54) is 0 Å². The zero-order valence-electron chi connectivity index (χ0n) is 6.77. The first-order valence-corrected chi connectivity index (χ1v) is 3.57. The summed E-state index contributed by atoms with van der Waals surface area (Å²) in [7, 11) is 0. The maximum absolute atomic E-state index is 10.6. The van der Waals surface area contributed by atoms with Crippen molar-refractivity contribution in [1.29, 1.82) is 0 Å². The zero-order chi connectivity index (χ0) is 8.97. The van der Waals surface area contributed by atoms with Crippen LogP contribution in [0.1, 0.15) is 11.1 Å². The van der Waals surface area contributed by atoms with Gasteiger partial charge in [-0.2, -0.15) is 0 Å². The van der Waals surface area contributed by atoms with E-state index in [9.17, 15) is 5.21 Å². The molecule has 0 aliphatic carbocycles. The van der Waals surface area contributed by atoms with Crippen LogP contribution >= 0.6 is 0 Å². The van der Waals surface area contributed by atoms with Gasteiger partial charge in [0.05, 0.1) is 0 Å². The Balaban J connectivity index is 2.71. The first kappa shape index (κ1) is 8.52. The molecule has 1 rings (SSSR count). The zero-order valence-corrected chi connectivity index (χ0v) is 6.77. The number of rotatable bonds is 2. The SMILES string of the molecule is Cc1ccc(C/[N+]([O-])=N\O)cc1. The second-order valence-electron chi connectivity index (χ2n) is 2.59. The molecule has 0 fully saturated rings. The van der Waals surface area contributed by atoms with E-state index in [1.807, 2.05) is 31.2 Å². The van der Waals surface area contributed by atoms with Crippen molar-refractivity contribution in [3.63, 3.8) is 0 Å². The van der Waals surface area contributed by atoms with Gasteiger partial charge in [-0.1, -0.05) is 34.7 Å². The lowest BCUT2D eigenvalue weighted by atomic mass is 10.1. The molecule has 0 unspecified atom stereocenters. The highest BCUT2D eigenvalue weighted by molar-refractivity contribution is 5.20. The average Bonchev–Trinajstić information content (AvgIpc) is 2.09. The largest absolute Gasteiger partial charge is 0.597 e. The third-order valence-corrected chi connectivity index (χ3v) is 1.54. The van der Waals surface area contributed by atoms with Crippen LogP contribution in [0.2, 0.25) is 0 Å². The van der Waals surface area contributed by atoms with Crippen LogP contribution in [0.15, 0.2) is 29.5 Å². The molecular formula is C8H10N2O2. The van der Waals surface area contributed by atoms with E-state index in [1.54, 1.807) is 0 Å². The smallest absolute Gasteiger partial charge is 0.209 e. The van der Waals surface area contributed by atoms with E-state index in [0.717, 1.165) is 11.1 Å². The second-order valence-corrected chi connectivity index (χ2v) is 2.59. The minimum absolute atomic E-state index is 0.0801. The van der Waals surface area contributed by atoms with Crippen molar-refractivity contribution in [3.8, 4) is 0 Å². The van der Waals surface area contributed by atoms with Gasteiger partial charge in [0.15, 0.2) is 5.28 Å². The maximum atomic E-state index is 10.6. The summed E-state index contributed by atoms with van der Waals surface area (Å²) in [4.78, 5) is 0.227. The summed E-state index contributed by atoms with van der Waals surface area (Å²) < 4.78 is 0. The van der Waals surface area contributed by atoms with E-state index in [2.05, 4.69) is 5.28 Å². The number of nitrogens with zero attached hydrogens (tertiary/aromatic N) is 2. The summed E-state index contributed by atoms with van der Waals surface area (Å²) in [5.74, 6) is 0. The number of hydrogen-bond acceptors (Lipinski definition) is 2. The Hall–Kier alpha value is -1.58. The molecule has 4 heteroatoms. The number of hydroxylamine groups is 1. The predicted octanol–water partition coefficient (Wildman–Crippen LogP) is 1.85. The minimum Gasteiger partial charge on any atom is -0.597 e. The Kier molecular flexibility index (Phi) is 2.63. The highest BCUT2D eigenvalue weighted by Gasteiger charge is 1.98. The van der Waals surface area contributed by atoms with E-state index >= 15 is 0 Å². The van der Waals surface area contributed by atoms with Gasteiger partial charge in [-0.15, -0.1) is 0 Å². The Bertz CT molecular complexity index is 280. The van der Waals surface area contributed by atoms with Crippen molar-refractivity contribution in [2.45, 2.75) is 13.5 Å². The molecule has 0 saturated heterocycles. The van der Waals surface area contributed by atoms with Gasteiger partial charge in [0.2, 0.25) is 6.54 Å². The van der Waals surface area contributed by atoms with Crippen molar-refractivity contribution in [1.82, 2.24) is 0 Å². The molecule has 4 nitrogen and oxygen atoms in total. The summed E-state index contributed by atoms with van der Waals surface area (Å²) in [5.41, 5.74) is 1.96. The molecule has 0 bridgehead atoms. The normalized spacial score (nSPS) is 11.6. The van der Waals surface area contributed by atoms with Gasteiger partial charge in [-0.25, -0.2) is 0 Å². The topological polar surface area (TPSA) is 58.7 Å². The summed E-state index contributed by atoms with van der Waals surface area (Å²) >= 11 is 0. The molecule has 0 aliphatic rings. The minimum atomic E-state index is 0.0801. The monoisotopic (exact) mass is 166 g/mol. The van der Waals surface area contributed by atoms with E-state index in [4.69, 9.17) is 5.21 Å². The molecule has 0 aliphatic heterocycles. The van der Waals surface area contributed by atoms with Crippen molar-refractivity contribution in [2.24, 2.45) is 5.28 Å². The maximum Gasteiger partial charge on any atom is 0.209 e. The van der Waals surface area contributed by atoms with Crippen LogP contribution in [-0.2, 0) is 6.54 Å². The molecule has 12 heavy (non-hydrogen) atoms. The fraction of sp³-hybridized carbons (Fsp3) is 0.250. The fourth-order valence-corrected chi connectivity index (χ4v) is 0.881. The average molecular weight is 166 g/mol. The van der Waals surface area contributed by atoms with Crippen molar-refractivity contribution < 1.29 is 10.1 Å². The Morgan fingerprint density at radius 3 is 2.50 bits per heavy atom. The molecule has 0 atom stereocenters. The lowest BCUT2D eigenvalue weighted by Crippen LogP contribution is -1.99. The Morgan fingerprint density at radius 1 is 1.42 bits per heavy atom. The van der Waals surface area contributed by atoms with Crippen LogP contribution in [0, 0.1) is 12.1 Å². The summed E-state index contributed by atoms with van der Waals surface area (Å²) in [6.07, 6.45) is 0. The second kappa shape index (κ2) is 3.71. The van der Waals surface area contributed by atoms with Crippen LogP contribution in [0.25, 0.3) is 0 Å². The molecule has 0 aromatic heterocycles. The van der Waals surface area contributed by atoms with Crippen molar-refractivity contribution >= 4 is 0 Å². The standard InChI is InChI=1S/C8H10N2O2/c1-7-2-4-8(5-3-7)6-10(12)9-11/h2-5,11H,6H2,1H3/b10-9+. The van der Waals surface area contributed by atoms with Gasteiger partial charge < -0.3 is 10.4 Å². The molecule has 1 N–H and O–H groups in total. The molecule has 0 radical (unpaired) electrons. The van der Waals surface area contributed by atoms with Crippen LogP contribution < -0.4 is 0 Å². The molecular weight excluding hydrogens is 156 g/mol. The summed E-state index contributed by atoms with van der Waals surface area (Å²) in [6, 6.07) is 7.46. The quantitative estimate of drug-likeness (QED) is 0.414. The number of hydrogen-bond donors (Lipinski definition) is 1.